The van der Waals surface area contributed by atoms with Gasteiger partial charge in [0.1, 0.15) is 11.6 Å². The SMILES string of the molecule is Cc1cccc(OCCc2nc(C(C)N)cc(=O)[nH]2)c1. The molecule has 0 amide bonds. The third kappa shape index (κ3) is 3.93. The topological polar surface area (TPSA) is 81.0 Å². The van der Waals surface area contributed by atoms with Gasteiger partial charge in [-0.2, -0.15) is 0 Å². The summed E-state index contributed by atoms with van der Waals surface area (Å²) in [4.78, 5) is 18.5. The molecule has 0 bridgehead atoms. The van der Waals surface area contributed by atoms with Crippen LogP contribution in [0.15, 0.2) is 35.1 Å². The normalized spacial score (nSPS) is 12.2. The van der Waals surface area contributed by atoms with Crippen molar-refractivity contribution >= 4 is 0 Å². The lowest BCUT2D eigenvalue weighted by Crippen LogP contribution is -2.18. The minimum Gasteiger partial charge on any atom is -0.493 e. The molecule has 1 aromatic carbocycles. The van der Waals surface area contributed by atoms with Crippen LogP contribution in [0.3, 0.4) is 0 Å². The Kier molecular flexibility index (Phi) is 4.53. The fourth-order valence-electron chi connectivity index (χ4n) is 1.85. The molecule has 1 atom stereocenters. The average Bonchev–Trinajstić information content (AvgIpc) is 2.38. The number of nitrogens with one attached hydrogen (secondary N) is 1. The summed E-state index contributed by atoms with van der Waals surface area (Å²) >= 11 is 0. The molecule has 0 aliphatic heterocycles. The first-order chi connectivity index (χ1) is 9.54. The third-order valence-electron chi connectivity index (χ3n) is 2.87. The molecule has 106 valence electrons. The van der Waals surface area contributed by atoms with Crippen molar-refractivity contribution in [2.75, 3.05) is 6.61 Å². The Morgan fingerprint density at radius 3 is 2.90 bits per heavy atom. The lowest BCUT2D eigenvalue weighted by Gasteiger charge is -2.08. The second-order valence-electron chi connectivity index (χ2n) is 4.82. The Hall–Kier alpha value is -2.14. The molecule has 0 saturated carbocycles. The van der Waals surface area contributed by atoms with Crippen molar-refractivity contribution in [3.63, 3.8) is 0 Å². The van der Waals surface area contributed by atoms with E-state index in [9.17, 15) is 4.79 Å². The van der Waals surface area contributed by atoms with Crippen molar-refractivity contribution in [2.24, 2.45) is 5.73 Å². The first-order valence-corrected chi connectivity index (χ1v) is 6.60. The first kappa shape index (κ1) is 14.3. The number of benzene rings is 1. The van der Waals surface area contributed by atoms with Crippen LogP contribution in [0.1, 0.15) is 30.0 Å². The summed E-state index contributed by atoms with van der Waals surface area (Å²) in [7, 11) is 0. The molecular formula is C15H19N3O2. The number of hydrogen-bond acceptors (Lipinski definition) is 4. The maximum absolute atomic E-state index is 11.5. The Labute approximate surface area is 117 Å². The average molecular weight is 273 g/mol. The minimum absolute atomic E-state index is 0.183. The number of rotatable bonds is 5. The molecular weight excluding hydrogens is 254 g/mol. The summed E-state index contributed by atoms with van der Waals surface area (Å²) in [5, 5.41) is 0. The van der Waals surface area contributed by atoms with E-state index in [2.05, 4.69) is 9.97 Å². The van der Waals surface area contributed by atoms with E-state index in [0.717, 1.165) is 11.3 Å². The van der Waals surface area contributed by atoms with Gasteiger partial charge < -0.3 is 15.5 Å². The van der Waals surface area contributed by atoms with Gasteiger partial charge in [-0.1, -0.05) is 12.1 Å². The highest BCUT2D eigenvalue weighted by molar-refractivity contribution is 5.27. The number of aromatic nitrogens is 2. The van der Waals surface area contributed by atoms with Crippen molar-refractivity contribution in [1.29, 1.82) is 0 Å². The highest BCUT2D eigenvalue weighted by Crippen LogP contribution is 2.12. The fraction of sp³-hybridized carbons (Fsp3) is 0.333. The molecule has 1 heterocycles. The Morgan fingerprint density at radius 2 is 2.20 bits per heavy atom. The van der Waals surface area contributed by atoms with Crippen molar-refractivity contribution in [3.05, 3.63) is 57.8 Å². The van der Waals surface area contributed by atoms with Gasteiger partial charge in [-0.3, -0.25) is 4.79 Å². The predicted molar refractivity (Wildman–Crippen MR) is 77.8 cm³/mol. The van der Waals surface area contributed by atoms with E-state index in [0.29, 0.717) is 24.5 Å². The molecule has 0 aliphatic rings. The van der Waals surface area contributed by atoms with Crippen LogP contribution in [0.25, 0.3) is 0 Å². The zero-order valence-electron chi connectivity index (χ0n) is 11.7. The summed E-state index contributed by atoms with van der Waals surface area (Å²) < 4.78 is 5.64. The van der Waals surface area contributed by atoms with Gasteiger partial charge in [-0.05, 0) is 31.5 Å². The monoisotopic (exact) mass is 273 g/mol. The van der Waals surface area contributed by atoms with Gasteiger partial charge in [0.15, 0.2) is 0 Å². The largest absolute Gasteiger partial charge is 0.493 e. The number of ether oxygens (including phenoxy) is 1. The van der Waals surface area contributed by atoms with E-state index in [4.69, 9.17) is 10.5 Å². The highest BCUT2D eigenvalue weighted by Gasteiger charge is 2.05. The van der Waals surface area contributed by atoms with Crippen molar-refractivity contribution < 1.29 is 4.74 Å². The van der Waals surface area contributed by atoms with Gasteiger partial charge in [0.25, 0.3) is 5.56 Å². The van der Waals surface area contributed by atoms with Gasteiger partial charge in [0, 0.05) is 18.5 Å². The van der Waals surface area contributed by atoms with Crippen LogP contribution < -0.4 is 16.0 Å². The summed E-state index contributed by atoms with van der Waals surface area (Å²) in [6, 6.07) is 9.00. The fourth-order valence-corrected chi connectivity index (χ4v) is 1.85. The molecule has 1 aromatic heterocycles. The number of aromatic amines is 1. The van der Waals surface area contributed by atoms with Crippen LogP contribution in [0.4, 0.5) is 0 Å². The second-order valence-corrected chi connectivity index (χ2v) is 4.82. The van der Waals surface area contributed by atoms with E-state index < -0.39 is 0 Å². The number of H-pyrrole nitrogens is 1. The predicted octanol–water partition coefficient (Wildman–Crippen LogP) is 1.72. The summed E-state index contributed by atoms with van der Waals surface area (Å²) in [6.07, 6.45) is 0.531. The van der Waals surface area contributed by atoms with Crippen LogP contribution in [-0.2, 0) is 6.42 Å². The number of nitrogens with zero attached hydrogens (tertiary/aromatic N) is 1. The molecule has 0 saturated heterocycles. The maximum Gasteiger partial charge on any atom is 0.251 e. The zero-order chi connectivity index (χ0) is 14.5. The molecule has 0 fully saturated rings. The smallest absolute Gasteiger partial charge is 0.251 e. The molecule has 1 unspecified atom stereocenters. The quantitative estimate of drug-likeness (QED) is 0.869. The minimum atomic E-state index is -0.256. The number of nitrogens with two attached hydrogens (primary N) is 1. The standard InChI is InChI=1S/C15H19N3O2/c1-10-4-3-5-12(8-10)20-7-6-14-17-13(11(2)16)9-15(19)18-14/h3-5,8-9,11H,6-7,16H2,1-2H3,(H,17,18,19). The number of aryl methyl sites for hydroxylation is 1. The van der Waals surface area contributed by atoms with E-state index in [-0.39, 0.29) is 11.6 Å². The zero-order valence-corrected chi connectivity index (χ0v) is 11.7. The van der Waals surface area contributed by atoms with Gasteiger partial charge in [-0.25, -0.2) is 4.98 Å². The van der Waals surface area contributed by atoms with E-state index in [1.807, 2.05) is 31.2 Å². The first-order valence-electron chi connectivity index (χ1n) is 6.60. The van der Waals surface area contributed by atoms with Gasteiger partial charge in [0.05, 0.1) is 12.3 Å². The van der Waals surface area contributed by atoms with Gasteiger partial charge in [-0.15, -0.1) is 0 Å². The Balaban J connectivity index is 1.99. The van der Waals surface area contributed by atoms with Crippen LogP contribution in [0, 0.1) is 6.92 Å². The third-order valence-corrected chi connectivity index (χ3v) is 2.87. The van der Waals surface area contributed by atoms with Crippen molar-refractivity contribution in [3.8, 4) is 5.75 Å². The molecule has 5 heteroatoms. The lowest BCUT2D eigenvalue weighted by atomic mass is 10.2. The van der Waals surface area contributed by atoms with Gasteiger partial charge in [0.2, 0.25) is 0 Å². The second kappa shape index (κ2) is 6.34. The summed E-state index contributed by atoms with van der Waals surface area (Å²) in [5.74, 6) is 1.41. The molecule has 0 radical (unpaired) electrons. The highest BCUT2D eigenvalue weighted by atomic mass is 16.5. The molecule has 2 rings (SSSR count). The lowest BCUT2D eigenvalue weighted by molar-refractivity contribution is 0.318. The molecule has 2 aromatic rings. The van der Waals surface area contributed by atoms with Crippen LogP contribution >= 0.6 is 0 Å². The van der Waals surface area contributed by atoms with E-state index in [1.165, 1.54) is 6.07 Å². The van der Waals surface area contributed by atoms with Crippen LogP contribution in [-0.4, -0.2) is 16.6 Å². The molecule has 3 N–H and O–H groups in total. The van der Waals surface area contributed by atoms with Crippen LogP contribution in [0.5, 0.6) is 5.75 Å². The van der Waals surface area contributed by atoms with Crippen molar-refractivity contribution in [1.82, 2.24) is 9.97 Å². The van der Waals surface area contributed by atoms with Crippen molar-refractivity contribution in [2.45, 2.75) is 26.3 Å². The number of hydrogen-bond donors (Lipinski definition) is 2. The summed E-state index contributed by atoms with van der Waals surface area (Å²) in [5.41, 5.74) is 7.30. The Morgan fingerprint density at radius 1 is 1.40 bits per heavy atom. The molecule has 0 aliphatic carbocycles. The van der Waals surface area contributed by atoms with E-state index >= 15 is 0 Å². The van der Waals surface area contributed by atoms with Crippen LogP contribution in [0.2, 0.25) is 0 Å². The molecule has 5 nitrogen and oxygen atoms in total. The summed E-state index contributed by atoms with van der Waals surface area (Å²) in [6.45, 7) is 4.27. The molecule has 20 heavy (non-hydrogen) atoms. The Bertz CT molecular complexity index is 635. The maximum atomic E-state index is 11.5. The van der Waals surface area contributed by atoms with Gasteiger partial charge >= 0.3 is 0 Å². The van der Waals surface area contributed by atoms with E-state index in [1.54, 1.807) is 6.92 Å². The molecule has 0 spiro atoms.